The molecule has 0 saturated carbocycles. The molecule has 0 aliphatic rings. The van der Waals surface area contributed by atoms with Gasteiger partial charge in [-0.25, -0.2) is 4.98 Å². The summed E-state index contributed by atoms with van der Waals surface area (Å²) in [5.74, 6) is -1.12. The number of hydrogen-bond acceptors (Lipinski definition) is 3. The van der Waals surface area contributed by atoms with Gasteiger partial charge in [0, 0.05) is 0 Å². The van der Waals surface area contributed by atoms with Crippen LogP contribution < -0.4 is 0 Å². The molecule has 0 aliphatic heterocycles. The van der Waals surface area contributed by atoms with Gasteiger partial charge < -0.3 is 15.2 Å². The van der Waals surface area contributed by atoms with Crippen LogP contribution in [0, 0.1) is 0 Å². The van der Waals surface area contributed by atoms with E-state index in [0.717, 1.165) is 0 Å². The van der Waals surface area contributed by atoms with Crippen molar-refractivity contribution >= 4 is 0 Å². The van der Waals surface area contributed by atoms with Crippen molar-refractivity contribution in [3.63, 3.8) is 0 Å². The van der Waals surface area contributed by atoms with Crippen molar-refractivity contribution in [1.29, 1.82) is 0 Å². The normalized spacial score (nSPS) is 16.9. The minimum absolute atomic E-state index is 0.377. The van der Waals surface area contributed by atoms with Crippen LogP contribution in [-0.2, 0) is 0 Å². The summed E-state index contributed by atoms with van der Waals surface area (Å²) in [5, 5.41) is 17.4. The Labute approximate surface area is 89.9 Å². The highest BCUT2D eigenvalue weighted by Gasteiger charge is 2.44. The van der Waals surface area contributed by atoms with Crippen LogP contribution in [0.25, 0.3) is 0 Å². The molecule has 1 heterocycles. The van der Waals surface area contributed by atoms with Crippen molar-refractivity contribution in [3.05, 3.63) is 17.7 Å². The minimum Gasteiger partial charge on any atom is -0.378 e. The molecule has 1 rings (SSSR count). The van der Waals surface area contributed by atoms with Gasteiger partial charge in [-0.2, -0.15) is 26.3 Å². The number of halogens is 6. The molecule has 4 nitrogen and oxygen atoms in total. The molecule has 0 amide bonds. The van der Waals surface area contributed by atoms with Gasteiger partial charge in [0.15, 0.2) is 6.10 Å². The van der Waals surface area contributed by atoms with Crippen LogP contribution >= 0.6 is 0 Å². The first-order valence-electron chi connectivity index (χ1n) is 4.08. The lowest BCUT2D eigenvalue weighted by molar-refractivity contribution is -0.210. The van der Waals surface area contributed by atoms with E-state index in [9.17, 15) is 26.3 Å². The lowest BCUT2D eigenvalue weighted by Gasteiger charge is -2.13. The Bertz CT molecular complexity index is 350. The van der Waals surface area contributed by atoms with Crippen LogP contribution in [0.4, 0.5) is 26.3 Å². The molecule has 2 unspecified atom stereocenters. The molecule has 0 saturated heterocycles. The predicted octanol–water partition coefficient (Wildman–Crippen LogP) is 1.60. The van der Waals surface area contributed by atoms with Gasteiger partial charge in [0.25, 0.3) is 0 Å². The maximum absolute atomic E-state index is 12.0. The zero-order valence-corrected chi connectivity index (χ0v) is 7.84. The van der Waals surface area contributed by atoms with E-state index in [-0.39, 0.29) is 0 Å². The first-order chi connectivity index (χ1) is 7.53. The van der Waals surface area contributed by atoms with Crippen LogP contribution in [0.2, 0.25) is 0 Å². The predicted molar refractivity (Wildman–Crippen MR) is 40.6 cm³/mol. The van der Waals surface area contributed by atoms with Gasteiger partial charge in [-0.1, -0.05) is 0 Å². The summed E-state index contributed by atoms with van der Waals surface area (Å²) in [6.45, 7) is 0. The summed E-state index contributed by atoms with van der Waals surface area (Å²) in [6.07, 6.45) is -15.7. The minimum atomic E-state index is -5.06. The Morgan fingerprint density at radius 3 is 1.88 bits per heavy atom. The molecular weight excluding hydrogens is 258 g/mol. The Morgan fingerprint density at radius 2 is 1.47 bits per heavy atom. The van der Waals surface area contributed by atoms with Crippen molar-refractivity contribution in [2.75, 3.05) is 0 Å². The van der Waals surface area contributed by atoms with Crippen molar-refractivity contribution in [2.24, 2.45) is 0 Å². The molecule has 1 aromatic rings. The van der Waals surface area contributed by atoms with Gasteiger partial charge in [-0.05, 0) is 0 Å². The van der Waals surface area contributed by atoms with E-state index < -0.39 is 36.1 Å². The molecule has 0 bridgehead atoms. The second kappa shape index (κ2) is 4.18. The lowest BCUT2D eigenvalue weighted by atomic mass is 10.3. The third kappa shape index (κ3) is 3.09. The third-order valence-electron chi connectivity index (χ3n) is 1.79. The second-order valence-electron chi connectivity index (χ2n) is 3.11. The topological polar surface area (TPSA) is 69.1 Å². The van der Waals surface area contributed by atoms with E-state index in [0.29, 0.717) is 6.20 Å². The lowest BCUT2D eigenvalue weighted by Crippen LogP contribution is -2.22. The first kappa shape index (κ1) is 13.8. The molecular formula is C7H6F6N2O2. The number of imidazole rings is 1. The summed E-state index contributed by atoms with van der Waals surface area (Å²) >= 11 is 0. The van der Waals surface area contributed by atoms with Crippen molar-refractivity contribution < 1.29 is 36.6 Å². The maximum Gasteiger partial charge on any atom is 0.421 e. The van der Waals surface area contributed by atoms with Crippen LogP contribution in [-0.4, -0.2) is 32.5 Å². The van der Waals surface area contributed by atoms with Crippen molar-refractivity contribution in [2.45, 2.75) is 24.6 Å². The fraction of sp³-hybridized carbons (Fsp3) is 0.571. The number of aliphatic hydroxyl groups is 2. The van der Waals surface area contributed by atoms with E-state index in [2.05, 4.69) is 4.98 Å². The number of H-pyrrole nitrogens is 1. The van der Waals surface area contributed by atoms with Crippen LogP contribution in [0.1, 0.15) is 23.7 Å². The van der Waals surface area contributed by atoms with E-state index >= 15 is 0 Å². The van der Waals surface area contributed by atoms with Crippen molar-refractivity contribution in [1.82, 2.24) is 9.97 Å². The maximum atomic E-state index is 12.0. The summed E-state index contributed by atoms with van der Waals surface area (Å²) < 4.78 is 71.9. The zero-order chi connectivity index (χ0) is 13.4. The summed E-state index contributed by atoms with van der Waals surface area (Å²) in [7, 11) is 0. The van der Waals surface area contributed by atoms with Gasteiger partial charge in [0.05, 0.1) is 11.9 Å². The van der Waals surface area contributed by atoms with E-state index in [1.807, 2.05) is 0 Å². The fourth-order valence-corrected chi connectivity index (χ4v) is 0.961. The summed E-state index contributed by atoms with van der Waals surface area (Å²) in [6, 6.07) is 0. The average Bonchev–Trinajstić information content (AvgIpc) is 2.60. The van der Waals surface area contributed by atoms with Gasteiger partial charge in [-0.15, -0.1) is 0 Å². The fourth-order valence-electron chi connectivity index (χ4n) is 0.961. The van der Waals surface area contributed by atoms with Crippen LogP contribution in [0.3, 0.4) is 0 Å². The molecule has 0 radical (unpaired) electrons. The second-order valence-corrected chi connectivity index (χ2v) is 3.11. The molecule has 1 aromatic heterocycles. The number of nitrogens with one attached hydrogen (secondary N) is 1. The molecule has 2 atom stereocenters. The zero-order valence-electron chi connectivity index (χ0n) is 7.84. The first-order valence-corrected chi connectivity index (χ1v) is 4.08. The standard InChI is InChI=1S/C7H6F6N2O2/c8-6(9,10)3(16)2-1-14-5(15-2)4(17)7(11,12)13/h1,3-4,16-17H,(H,14,15). The quantitative estimate of drug-likeness (QED) is 0.710. The Balaban J connectivity index is 2.93. The Hall–Kier alpha value is -1.29. The van der Waals surface area contributed by atoms with Crippen LogP contribution in [0.15, 0.2) is 6.20 Å². The summed E-state index contributed by atoms with van der Waals surface area (Å²) in [5.41, 5.74) is -0.976. The monoisotopic (exact) mass is 264 g/mol. The van der Waals surface area contributed by atoms with Gasteiger partial charge in [0.2, 0.25) is 6.10 Å². The molecule has 17 heavy (non-hydrogen) atoms. The smallest absolute Gasteiger partial charge is 0.378 e. The highest BCUT2D eigenvalue weighted by atomic mass is 19.4. The number of alkyl halides is 6. The largest absolute Gasteiger partial charge is 0.421 e. The number of aromatic nitrogens is 2. The number of rotatable bonds is 2. The van der Waals surface area contributed by atoms with Crippen LogP contribution in [0.5, 0.6) is 0 Å². The molecule has 0 aromatic carbocycles. The Morgan fingerprint density at radius 1 is 1.00 bits per heavy atom. The highest BCUT2D eigenvalue weighted by molar-refractivity contribution is 5.09. The molecule has 3 N–H and O–H groups in total. The van der Waals surface area contributed by atoms with Crippen molar-refractivity contribution in [3.8, 4) is 0 Å². The molecule has 98 valence electrons. The van der Waals surface area contributed by atoms with Gasteiger partial charge in [-0.3, -0.25) is 0 Å². The van der Waals surface area contributed by atoms with E-state index in [1.165, 1.54) is 0 Å². The van der Waals surface area contributed by atoms with E-state index in [4.69, 9.17) is 10.2 Å². The van der Waals surface area contributed by atoms with Gasteiger partial charge >= 0.3 is 12.4 Å². The molecule has 0 aliphatic carbocycles. The molecule has 0 spiro atoms. The number of aromatic amines is 1. The average molecular weight is 264 g/mol. The Kier molecular flexibility index (Phi) is 3.39. The number of aliphatic hydroxyl groups excluding tert-OH is 2. The number of hydrogen-bond donors (Lipinski definition) is 3. The van der Waals surface area contributed by atoms with Gasteiger partial charge in [0.1, 0.15) is 5.82 Å². The van der Waals surface area contributed by atoms with E-state index in [1.54, 1.807) is 4.98 Å². The SMILES string of the molecule is OC(c1cnc(C(O)C(F)(F)F)[nH]1)C(F)(F)F. The molecule has 0 fully saturated rings. The third-order valence-corrected chi connectivity index (χ3v) is 1.79. The summed E-state index contributed by atoms with van der Waals surface area (Å²) in [4.78, 5) is 4.51. The molecule has 10 heteroatoms. The highest BCUT2D eigenvalue weighted by Crippen LogP contribution is 2.34. The number of nitrogens with zero attached hydrogens (tertiary/aromatic N) is 1.